The molecule has 80 heavy (non-hydrogen) atoms. The number of hydrogen-bond donors (Lipinski definition) is 6. The Morgan fingerprint density at radius 1 is 0.637 bits per heavy atom. The highest BCUT2D eigenvalue weighted by Crippen LogP contribution is 2.44. The molecule has 2 heterocycles. The molecule has 0 amide bonds. The zero-order valence-electron chi connectivity index (χ0n) is 39.4. The van der Waals surface area contributed by atoms with E-state index < -0.39 is 99.4 Å². The highest BCUT2D eigenvalue weighted by molar-refractivity contribution is 7.87. The molecule has 39 heteroatoms. The highest BCUT2D eigenvalue weighted by atomic mass is 32.2. The van der Waals surface area contributed by atoms with Crippen molar-refractivity contribution in [2.45, 2.75) is 28.0 Å². The summed E-state index contributed by atoms with van der Waals surface area (Å²) < 4.78 is 193. The Hall–Kier alpha value is -8.60. The lowest BCUT2D eigenvalue weighted by molar-refractivity contribution is -0.191. The van der Waals surface area contributed by atoms with Crippen LogP contribution >= 0.6 is 11.3 Å². The largest absolute Gasteiger partial charge is 0.505 e. The van der Waals surface area contributed by atoms with Gasteiger partial charge in [-0.25, -0.2) is 4.98 Å². The topological polar surface area (TPSA) is 509 Å². The summed E-state index contributed by atoms with van der Waals surface area (Å²) in [6.07, 6.45) is 1.15. The van der Waals surface area contributed by atoms with Gasteiger partial charge in [0.05, 0.1) is 45.0 Å². The molecule has 0 spiro atoms. The molecule has 0 fully saturated rings. The van der Waals surface area contributed by atoms with Crippen LogP contribution in [0.5, 0.6) is 17.4 Å². The lowest BCUT2D eigenvalue weighted by atomic mass is 10.1. The first kappa shape index (κ1) is 62.2. The normalized spacial score (nSPS) is 11.9. The van der Waals surface area contributed by atoms with E-state index in [0.717, 1.165) is 33.2 Å². The van der Waals surface area contributed by atoms with Gasteiger partial charge in [-0.3, -0.25) is 18.2 Å². The maximum Gasteiger partial charge on any atom is 0.425 e. The molecule has 0 radical (unpaired) electrons. The van der Waals surface area contributed by atoms with Gasteiger partial charge in [0.25, 0.3) is 40.5 Å². The number of para-hydroxylation sites is 1. The summed E-state index contributed by atoms with van der Waals surface area (Å²) >= 11 is 1.32. The van der Waals surface area contributed by atoms with Crippen LogP contribution in [0.1, 0.15) is 12.0 Å². The van der Waals surface area contributed by atoms with Crippen LogP contribution in [0.2, 0.25) is 0 Å². The van der Waals surface area contributed by atoms with E-state index in [2.05, 4.69) is 40.8 Å². The van der Waals surface area contributed by atoms with Crippen LogP contribution in [0, 0.1) is 6.92 Å². The molecule has 420 valence electrons. The zero-order valence-corrected chi connectivity index (χ0v) is 45.1. The maximum atomic E-state index is 12.8. The lowest BCUT2D eigenvalue weighted by Gasteiger charge is -2.11. The van der Waals surface area contributed by atoms with Gasteiger partial charge in [0.15, 0.2) is 11.4 Å². The minimum Gasteiger partial charge on any atom is -0.505 e. The summed E-state index contributed by atoms with van der Waals surface area (Å²) in [7, 11) is -25.6. The molecule has 0 bridgehead atoms. The number of ether oxygens (including phenoxy) is 1. The Morgan fingerprint density at radius 2 is 1.21 bits per heavy atom. The first-order valence-corrected chi connectivity index (χ1v) is 29.5. The Labute approximate surface area is 455 Å². The third kappa shape index (κ3) is 16.7. The third-order valence-electron chi connectivity index (χ3n) is 9.89. The summed E-state index contributed by atoms with van der Waals surface area (Å²) in [5.74, 6) is -1.80. The minimum atomic E-state index is -5.12. The number of phenolic OH excluding ortho intramolecular Hbond substituents is 1. The number of thiazole rings is 1. The van der Waals surface area contributed by atoms with Crippen LogP contribution in [-0.4, -0.2) is 121 Å². The molecule has 2 aromatic heterocycles. The zero-order chi connectivity index (χ0) is 59.5. The number of rotatable bonds is 15. The number of phenols is 1. The molecule has 0 aliphatic heterocycles. The van der Waals surface area contributed by atoms with Gasteiger partial charge in [-0.15, -0.1) is 55.9 Å². The Bertz CT molecular complexity index is 4510. The number of aryl methyl sites for hydroxylation is 1. The highest BCUT2D eigenvalue weighted by Gasteiger charge is 2.24. The van der Waals surface area contributed by atoms with Crippen LogP contribution in [0.3, 0.4) is 0 Å². The van der Waals surface area contributed by atoms with Gasteiger partial charge in [-0.05, 0) is 85.0 Å². The molecule has 6 N–H and O–H groups in total. The first-order chi connectivity index (χ1) is 37.3. The molecule has 8 aromatic rings. The Morgan fingerprint density at radius 3 is 1.82 bits per heavy atom. The molecule has 0 atom stereocenters. The van der Waals surface area contributed by atoms with Crippen LogP contribution in [0.4, 0.5) is 33.6 Å². The number of benzene rings is 6. The van der Waals surface area contributed by atoms with Gasteiger partial charge in [0.1, 0.15) is 32.6 Å². The second-order valence-electron chi connectivity index (χ2n) is 15.1. The second kappa shape index (κ2) is 25.9. The van der Waals surface area contributed by atoms with Crippen molar-refractivity contribution in [1.82, 2.24) is 14.8 Å². The predicted octanol–water partition coefficient (Wildman–Crippen LogP) is 6.56. The minimum absolute atomic E-state index is 0.00224. The van der Waals surface area contributed by atoms with Gasteiger partial charge < -0.3 is 14.9 Å². The molecule has 32 nitrogen and oxygen atoms in total. The Kier molecular flexibility index (Phi) is 20.2. The number of fused-ring (bicyclic) bond motifs is 3. The van der Waals surface area contributed by atoms with Gasteiger partial charge in [-0.1, -0.05) is 35.6 Å². The molecule has 6 aromatic carbocycles. The van der Waals surface area contributed by atoms with E-state index in [1.165, 1.54) is 59.9 Å². The summed E-state index contributed by atoms with van der Waals surface area (Å²) in [4.78, 5) is 18.2. The average Bonchev–Trinajstić information content (AvgIpc) is 3.94. The quantitative estimate of drug-likeness (QED) is 0.0359. The van der Waals surface area contributed by atoms with Crippen LogP contribution < -0.4 is 4.74 Å². The van der Waals surface area contributed by atoms with Crippen molar-refractivity contribution in [2.24, 2.45) is 30.7 Å². The standard InChI is InChI=1S/C40H31N9O15S5.CO2.2O3S/c1-21-15-32(34(64-13-4-14-66(52,53)54)19-31(21)45-48-40-42-28-5-2-3-6-35(28)65-40)46-43-29-11-10-27-26(37(29)50)9-12-30(38(27)69(61,62)63)44-47-33-20-41-49(39(33)51)23-7-8-25-22(16-23)17-24(67(55,56)57)18-36(25)68(58,59)60;2-1-3;2*1-4(2)3/h2-3,5-12,15-20,50-51H,4,13-14H2,1H3,(H,52,53,54)(H,55,56,57)(H,58,59,60)(H,61,62,63);;;. The number of nitrogens with zero attached hydrogens (tertiary/aromatic N) is 9. The van der Waals surface area contributed by atoms with E-state index in [9.17, 15) is 62.1 Å². The van der Waals surface area contributed by atoms with Gasteiger partial charge in [0.2, 0.25) is 11.0 Å². The number of azo groups is 3. The fourth-order valence-corrected chi connectivity index (χ4v) is 10.2. The number of hydrogen-bond acceptors (Lipinski definition) is 28. The van der Waals surface area contributed by atoms with E-state index in [1.54, 1.807) is 6.92 Å². The average molecular weight is 1240 g/mol. The third-order valence-corrected chi connectivity index (χ3v) is 14.3. The SMILES string of the molecule is Cc1cc(N=Nc2ccc3c(S(=O)(=O)O)c(N=Nc4cnn(-c5ccc6c(S(=O)(=O)O)cc(S(=O)(=O)O)cc6c5)c4O)ccc3c2O)c(OCCCS(=O)(=O)O)cc1N=Nc1nc2ccccc2s1.O=C=O.O=S(=O)=O.O=S(=O)=O. The molecule has 0 saturated carbocycles. The fourth-order valence-electron chi connectivity index (χ4n) is 6.75. The van der Waals surface area contributed by atoms with Gasteiger partial charge >= 0.3 is 27.4 Å². The summed E-state index contributed by atoms with van der Waals surface area (Å²) in [6.45, 7) is 1.51. The van der Waals surface area contributed by atoms with Crippen LogP contribution in [0.15, 0.2) is 143 Å². The van der Waals surface area contributed by atoms with Crippen molar-refractivity contribution in [1.29, 1.82) is 0 Å². The van der Waals surface area contributed by atoms with Gasteiger partial charge in [-0.2, -0.15) is 53.0 Å². The monoisotopic (exact) mass is 1240 g/mol. The van der Waals surface area contributed by atoms with Crippen molar-refractivity contribution in [3.05, 3.63) is 103 Å². The molecule has 0 aliphatic carbocycles. The van der Waals surface area contributed by atoms with Gasteiger partial charge in [0, 0.05) is 22.2 Å². The molecular formula is C41H31N9O23S7. The smallest absolute Gasteiger partial charge is 0.425 e. The van der Waals surface area contributed by atoms with E-state index in [0.29, 0.717) is 22.4 Å². The molecule has 0 aliphatic rings. The molecule has 8 rings (SSSR count). The number of aromatic hydroxyl groups is 2. The number of carbonyl (C=O) groups excluding carboxylic acids is 2. The fraction of sp³-hybridized carbons (Fsp3) is 0.0976. The first-order valence-electron chi connectivity index (χ1n) is 20.8. The van der Waals surface area contributed by atoms with Crippen molar-refractivity contribution in [3.8, 4) is 23.1 Å². The second-order valence-corrected chi connectivity index (χ2v) is 22.7. The molecular weight excluding hydrogens is 1210 g/mol. The van der Waals surface area contributed by atoms with E-state index in [1.807, 2.05) is 24.3 Å². The summed E-state index contributed by atoms with van der Waals surface area (Å²) in [5.41, 5.74) is 0.716. The van der Waals surface area contributed by atoms with Crippen molar-refractivity contribution in [3.63, 3.8) is 0 Å². The van der Waals surface area contributed by atoms with E-state index in [-0.39, 0.29) is 69.2 Å². The predicted molar refractivity (Wildman–Crippen MR) is 272 cm³/mol. The molecule has 0 saturated heterocycles. The number of aromatic nitrogens is 3. The van der Waals surface area contributed by atoms with Crippen molar-refractivity contribution in [2.75, 3.05) is 12.4 Å². The maximum absolute atomic E-state index is 12.8. The van der Waals surface area contributed by atoms with E-state index >= 15 is 0 Å². The summed E-state index contributed by atoms with van der Waals surface area (Å²) in [5, 5.41) is 50.8. The van der Waals surface area contributed by atoms with E-state index in [4.69, 9.17) is 39.6 Å². The lowest BCUT2D eigenvalue weighted by Crippen LogP contribution is -2.08. The van der Waals surface area contributed by atoms with Crippen molar-refractivity contribution < 1.29 is 102 Å². The van der Waals surface area contributed by atoms with Crippen LogP contribution in [-0.2, 0) is 71.3 Å². The summed E-state index contributed by atoms with van der Waals surface area (Å²) in [6, 6.07) is 20.2. The Balaban J connectivity index is 0.000000982. The molecule has 0 unspecified atom stereocenters. The van der Waals surface area contributed by atoms with Crippen LogP contribution in [0.25, 0.3) is 37.4 Å². The van der Waals surface area contributed by atoms with Crippen molar-refractivity contribution >= 4 is 145 Å².